The van der Waals surface area contributed by atoms with E-state index in [1.54, 1.807) is 12.1 Å². The third kappa shape index (κ3) is 4.66. The van der Waals surface area contributed by atoms with E-state index in [0.717, 1.165) is 0 Å². The SMILES string of the molecule is NC(N)=NCCCOC(=O)c1ccccc1C(=O)O. The molecule has 1 rings (SSSR count). The summed E-state index contributed by atoms with van der Waals surface area (Å²) < 4.78 is 4.95. The molecular weight excluding hydrogens is 250 g/mol. The summed E-state index contributed by atoms with van der Waals surface area (Å²) in [5.74, 6) is -1.88. The molecular formula is C12H15N3O4. The Morgan fingerprint density at radius 3 is 2.42 bits per heavy atom. The Morgan fingerprint density at radius 2 is 1.84 bits per heavy atom. The molecule has 0 aliphatic heterocycles. The Bertz CT molecular complexity index is 496. The largest absolute Gasteiger partial charge is 0.478 e. The van der Waals surface area contributed by atoms with Crippen molar-refractivity contribution in [3.63, 3.8) is 0 Å². The van der Waals surface area contributed by atoms with Gasteiger partial charge in [-0.25, -0.2) is 9.59 Å². The normalized spacial score (nSPS) is 9.68. The highest BCUT2D eigenvalue weighted by Gasteiger charge is 2.16. The molecule has 1 aromatic carbocycles. The van der Waals surface area contributed by atoms with Gasteiger partial charge in [-0.1, -0.05) is 12.1 Å². The van der Waals surface area contributed by atoms with E-state index in [4.69, 9.17) is 21.3 Å². The van der Waals surface area contributed by atoms with Gasteiger partial charge in [0.2, 0.25) is 0 Å². The van der Waals surface area contributed by atoms with Gasteiger partial charge in [-0.05, 0) is 12.1 Å². The minimum absolute atomic E-state index is 0.0249. The van der Waals surface area contributed by atoms with E-state index in [1.807, 2.05) is 0 Å². The van der Waals surface area contributed by atoms with Crippen molar-refractivity contribution >= 4 is 17.9 Å². The number of ether oxygens (including phenoxy) is 1. The van der Waals surface area contributed by atoms with Gasteiger partial charge in [-0.3, -0.25) is 4.99 Å². The number of nitrogens with zero attached hydrogens (tertiary/aromatic N) is 1. The van der Waals surface area contributed by atoms with Crippen molar-refractivity contribution in [3.8, 4) is 0 Å². The first-order chi connectivity index (χ1) is 9.02. The van der Waals surface area contributed by atoms with Crippen molar-refractivity contribution in [2.45, 2.75) is 6.42 Å². The lowest BCUT2D eigenvalue weighted by Gasteiger charge is -2.06. The number of aromatic carboxylic acids is 1. The third-order valence-corrected chi connectivity index (χ3v) is 2.21. The van der Waals surface area contributed by atoms with Crippen molar-refractivity contribution < 1.29 is 19.4 Å². The van der Waals surface area contributed by atoms with Crippen molar-refractivity contribution in [3.05, 3.63) is 35.4 Å². The summed E-state index contributed by atoms with van der Waals surface area (Å²) in [7, 11) is 0. The van der Waals surface area contributed by atoms with E-state index >= 15 is 0 Å². The smallest absolute Gasteiger partial charge is 0.339 e. The van der Waals surface area contributed by atoms with Crippen LogP contribution in [-0.2, 0) is 4.74 Å². The van der Waals surface area contributed by atoms with Gasteiger partial charge in [-0.15, -0.1) is 0 Å². The number of guanidine groups is 1. The molecule has 0 amide bonds. The number of carbonyl (C=O) groups excluding carboxylic acids is 1. The van der Waals surface area contributed by atoms with E-state index in [-0.39, 0.29) is 23.7 Å². The van der Waals surface area contributed by atoms with Crippen molar-refractivity contribution in [2.75, 3.05) is 13.2 Å². The van der Waals surface area contributed by atoms with Gasteiger partial charge in [0, 0.05) is 13.0 Å². The van der Waals surface area contributed by atoms with Crippen LogP contribution >= 0.6 is 0 Å². The molecule has 7 heteroatoms. The van der Waals surface area contributed by atoms with Crippen LogP contribution in [0, 0.1) is 0 Å². The van der Waals surface area contributed by atoms with Crippen molar-refractivity contribution in [1.82, 2.24) is 0 Å². The minimum Gasteiger partial charge on any atom is -0.478 e. The summed E-state index contributed by atoms with van der Waals surface area (Å²) >= 11 is 0. The summed E-state index contributed by atoms with van der Waals surface area (Å²) in [6.07, 6.45) is 0.457. The molecule has 0 atom stereocenters. The second kappa shape index (κ2) is 7.00. The van der Waals surface area contributed by atoms with Gasteiger partial charge in [0.1, 0.15) is 0 Å². The van der Waals surface area contributed by atoms with Crippen LogP contribution in [0.15, 0.2) is 29.3 Å². The minimum atomic E-state index is -1.17. The molecule has 0 bridgehead atoms. The maximum Gasteiger partial charge on any atom is 0.339 e. The fraction of sp³-hybridized carbons (Fsp3) is 0.250. The van der Waals surface area contributed by atoms with Crippen molar-refractivity contribution in [1.29, 1.82) is 0 Å². The topological polar surface area (TPSA) is 128 Å². The van der Waals surface area contributed by atoms with Gasteiger partial charge < -0.3 is 21.3 Å². The highest BCUT2D eigenvalue weighted by atomic mass is 16.5. The van der Waals surface area contributed by atoms with Gasteiger partial charge in [0.25, 0.3) is 0 Å². The lowest BCUT2D eigenvalue weighted by Crippen LogP contribution is -2.23. The van der Waals surface area contributed by atoms with E-state index < -0.39 is 11.9 Å². The number of benzene rings is 1. The summed E-state index contributed by atoms with van der Waals surface area (Å²) in [5, 5.41) is 8.93. The van der Waals surface area contributed by atoms with E-state index in [0.29, 0.717) is 13.0 Å². The zero-order valence-corrected chi connectivity index (χ0v) is 10.2. The fourth-order valence-corrected chi connectivity index (χ4v) is 1.36. The molecule has 0 radical (unpaired) electrons. The number of hydrogen-bond donors (Lipinski definition) is 3. The third-order valence-electron chi connectivity index (χ3n) is 2.21. The number of carboxylic acid groups (broad SMARTS) is 1. The Kier molecular flexibility index (Phi) is 5.34. The quantitative estimate of drug-likeness (QED) is 0.292. The van der Waals surface area contributed by atoms with Gasteiger partial charge in [0.05, 0.1) is 17.7 Å². The van der Waals surface area contributed by atoms with Crippen LogP contribution in [0.1, 0.15) is 27.1 Å². The van der Waals surface area contributed by atoms with E-state index in [9.17, 15) is 9.59 Å². The number of hydrogen-bond acceptors (Lipinski definition) is 4. The predicted molar refractivity (Wildman–Crippen MR) is 69.0 cm³/mol. The second-order valence-electron chi connectivity index (χ2n) is 3.65. The zero-order valence-electron chi connectivity index (χ0n) is 10.2. The molecule has 0 spiro atoms. The van der Waals surface area contributed by atoms with Crippen molar-refractivity contribution in [2.24, 2.45) is 16.5 Å². The van der Waals surface area contributed by atoms with Crippen LogP contribution in [0.2, 0.25) is 0 Å². The molecule has 19 heavy (non-hydrogen) atoms. The summed E-state index contributed by atoms with van der Waals surface area (Å²) in [5.41, 5.74) is 10.2. The van der Waals surface area contributed by atoms with Gasteiger partial charge >= 0.3 is 11.9 Å². The number of nitrogens with two attached hydrogens (primary N) is 2. The van der Waals surface area contributed by atoms with Crippen LogP contribution < -0.4 is 11.5 Å². The maximum absolute atomic E-state index is 11.7. The fourth-order valence-electron chi connectivity index (χ4n) is 1.36. The molecule has 0 aliphatic rings. The highest BCUT2D eigenvalue weighted by molar-refractivity contribution is 6.02. The first-order valence-corrected chi connectivity index (χ1v) is 5.57. The number of carboxylic acids is 1. The monoisotopic (exact) mass is 265 g/mol. The molecule has 1 aromatic rings. The van der Waals surface area contributed by atoms with E-state index in [2.05, 4.69) is 4.99 Å². The summed E-state index contributed by atoms with van der Waals surface area (Å²) in [6.45, 7) is 0.458. The lowest BCUT2D eigenvalue weighted by molar-refractivity contribution is 0.0492. The lowest BCUT2D eigenvalue weighted by atomic mass is 10.1. The van der Waals surface area contributed by atoms with Crippen LogP contribution in [0.5, 0.6) is 0 Å². The summed E-state index contributed by atoms with van der Waals surface area (Å²) in [6, 6.07) is 5.86. The number of aliphatic imine (C=N–C) groups is 1. The molecule has 0 aliphatic carbocycles. The predicted octanol–water partition coefficient (Wildman–Crippen LogP) is 0.205. The van der Waals surface area contributed by atoms with E-state index in [1.165, 1.54) is 12.1 Å². The van der Waals surface area contributed by atoms with Gasteiger partial charge in [0.15, 0.2) is 5.96 Å². The molecule has 0 heterocycles. The van der Waals surface area contributed by atoms with Crippen LogP contribution in [-0.4, -0.2) is 36.2 Å². The van der Waals surface area contributed by atoms with Gasteiger partial charge in [-0.2, -0.15) is 0 Å². The summed E-state index contributed by atoms with van der Waals surface area (Å²) in [4.78, 5) is 26.3. The highest BCUT2D eigenvalue weighted by Crippen LogP contribution is 2.10. The molecule has 0 aromatic heterocycles. The Balaban J connectivity index is 2.55. The Hall–Kier alpha value is -2.57. The molecule has 0 saturated carbocycles. The molecule has 5 N–H and O–H groups in total. The number of esters is 1. The maximum atomic E-state index is 11.7. The molecule has 7 nitrogen and oxygen atoms in total. The number of rotatable bonds is 6. The molecule has 0 unspecified atom stereocenters. The number of carbonyl (C=O) groups is 2. The first kappa shape index (κ1) is 14.5. The first-order valence-electron chi connectivity index (χ1n) is 5.57. The molecule has 102 valence electrons. The van der Waals surface area contributed by atoms with Crippen LogP contribution in [0.4, 0.5) is 0 Å². The Morgan fingerprint density at radius 1 is 1.21 bits per heavy atom. The Labute approximate surface area is 109 Å². The van der Waals surface area contributed by atoms with Crippen LogP contribution in [0.25, 0.3) is 0 Å². The standard InChI is InChI=1S/C12H15N3O4/c13-12(14)15-6-3-7-19-11(18)9-5-2-1-4-8(9)10(16)17/h1-2,4-5H,3,6-7H2,(H,16,17)(H4,13,14,15). The molecule has 0 fully saturated rings. The molecule has 0 saturated heterocycles. The van der Waals surface area contributed by atoms with Crippen LogP contribution in [0.3, 0.4) is 0 Å². The average molecular weight is 265 g/mol. The zero-order chi connectivity index (χ0) is 14.3. The average Bonchev–Trinajstić information content (AvgIpc) is 2.37. The second-order valence-corrected chi connectivity index (χ2v) is 3.65.